The average Bonchev–Trinajstić information content (AvgIpc) is 2.36. The van der Waals surface area contributed by atoms with Crippen LogP contribution in [0.5, 0.6) is 0 Å². The van der Waals surface area contributed by atoms with Gasteiger partial charge in [-0.15, -0.1) is 11.6 Å². The lowest BCUT2D eigenvalue weighted by atomic mass is 10.0. The molecule has 0 bridgehead atoms. The van der Waals surface area contributed by atoms with E-state index < -0.39 is 22.8 Å². The third-order valence-corrected chi connectivity index (χ3v) is 3.88. The summed E-state index contributed by atoms with van der Waals surface area (Å²) in [7, 11) is 0. The molecule has 0 saturated carbocycles. The summed E-state index contributed by atoms with van der Waals surface area (Å²) < 4.78 is 40.3. The Morgan fingerprint density at radius 2 is 1.68 bits per heavy atom. The molecule has 0 aliphatic carbocycles. The fraction of sp³-hybridized carbons (Fsp3) is 0.143. The Morgan fingerprint density at radius 1 is 1.00 bits per heavy atom. The smallest absolute Gasteiger partial charge is 0.137 e. The van der Waals surface area contributed by atoms with Gasteiger partial charge in [0.15, 0.2) is 0 Å². The molecular formula is C14H9BrClF3. The van der Waals surface area contributed by atoms with E-state index in [9.17, 15) is 13.2 Å². The van der Waals surface area contributed by atoms with Gasteiger partial charge in [-0.05, 0) is 52.2 Å². The van der Waals surface area contributed by atoms with Crippen LogP contribution in [0.15, 0.2) is 34.8 Å². The molecule has 5 heteroatoms. The maximum Gasteiger partial charge on any atom is 0.137 e. The molecule has 19 heavy (non-hydrogen) atoms. The Hall–Kier alpha value is -1.00. The maximum absolute atomic E-state index is 13.7. The first kappa shape index (κ1) is 14.4. The van der Waals surface area contributed by atoms with Crippen LogP contribution in [0.1, 0.15) is 22.1 Å². The quantitative estimate of drug-likeness (QED) is 0.628. The number of benzene rings is 2. The molecule has 100 valence electrons. The Morgan fingerprint density at radius 3 is 2.32 bits per heavy atom. The summed E-state index contributed by atoms with van der Waals surface area (Å²) in [5.74, 6) is -1.77. The summed E-state index contributed by atoms with van der Waals surface area (Å²) in [6.07, 6.45) is 0. The Bertz CT molecular complexity index is 628. The minimum Gasteiger partial charge on any atom is -0.207 e. The van der Waals surface area contributed by atoms with Gasteiger partial charge in [-0.1, -0.05) is 6.07 Å². The van der Waals surface area contributed by atoms with Gasteiger partial charge in [0, 0.05) is 11.6 Å². The van der Waals surface area contributed by atoms with Crippen molar-refractivity contribution in [2.24, 2.45) is 0 Å². The van der Waals surface area contributed by atoms with Crippen molar-refractivity contribution in [3.63, 3.8) is 0 Å². The van der Waals surface area contributed by atoms with Gasteiger partial charge < -0.3 is 0 Å². The monoisotopic (exact) mass is 348 g/mol. The van der Waals surface area contributed by atoms with E-state index in [4.69, 9.17) is 11.6 Å². The van der Waals surface area contributed by atoms with Crippen LogP contribution in [-0.4, -0.2) is 0 Å². The molecule has 2 rings (SSSR count). The summed E-state index contributed by atoms with van der Waals surface area (Å²) >= 11 is 9.22. The van der Waals surface area contributed by atoms with Crippen molar-refractivity contribution < 1.29 is 13.2 Å². The van der Waals surface area contributed by atoms with Crippen molar-refractivity contribution in [2.45, 2.75) is 12.3 Å². The largest absolute Gasteiger partial charge is 0.207 e. The van der Waals surface area contributed by atoms with Crippen molar-refractivity contribution in [2.75, 3.05) is 0 Å². The molecule has 0 N–H and O–H groups in total. The van der Waals surface area contributed by atoms with E-state index in [-0.39, 0.29) is 10.0 Å². The van der Waals surface area contributed by atoms with E-state index in [1.54, 1.807) is 0 Å². The topological polar surface area (TPSA) is 0 Å². The van der Waals surface area contributed by atoms with Gasteiger partial charge in [-0.3, -0.25) is 0 Å². The van der Waals surface area contributed by atoms with Crippen molar-refractivity contribution in [1.29, 1.82) is 0 Å². The first-order valence-electron chi connectivity index (χ1n) is 5.44. The molecule has 0 spiro atoms. The molecule has 2 aromatic carbocycles. The third kappa shape index (κ3) is 2.95. The van der Waals surface area contributed by atoms with E-state index in [2.05, 4.69) is 15.9 Å². The van der Waals surface area contributed by atoms with Crippen LogP contribution < -0.4 is 0 Å². The second-order valence-corrected chi connectivity index (χ2v) is 5.45. The summed E-state index contributed by atoms with van der Waals surface area (Å²) in [5, 5.41) is -0.809. The van der Waals surface area contributed by atoms with Crippen LogP contribution in [-0.2, 0) is 0 Å². The number of alkyl halides is 1. The predicted molar refractivity (Wildman–Crippen MR) is 72.9 cm³/mol. The number of hydrogen-bond acceptors (Lipinski definition) is 0. The van der Waals surface area contributed by atoms with Crippen LogP contribution >= 0.6 is 27.5 Å². The second-order valence-electron chi connectivity index (χ2n) is 4.16. The molecule has 2 aromatic rings. The molecule has 0 aliphatic rings. The van der Waals surface area contributed by atoms with Gasteiger partial charge in [0.2, 0.25) is 0 Å². The fourth-order valence-electron chi connectivity index (χ4n) is 1.72. The predicted octanol–water partition coefficient (Wildman–Crippen LogP) is 5.50. The van der Waals surface area contributed by atoms with Crippen LogP contribution in [0.4, 0.5) is 13.2 Å². The highest BCUT2D eigenvalue weighted by molar-refractivity contribution is 9.10. The van der Waals surface area contributed by atoms with Crippen LogP contribution in [0.2, 0.25) is 0 Å². The molecule has 0 nitrogen and oxygen atoms in total. The molecule has 0 heterocycles. The normalized spacial score (nSPS) is 12.5. The highest BCUT2D eigenvalue weighted by Gasteiger charge is 2.18. The summed E-state index contributed by atoms with van der Waals surface area (Å²) in [5.41, 5.74) is 1.00. The number of halogens is 5. The van der Waals surface area contributed by atoms with Gasteiger partial charge >= 0.3 is 0 Å². The summed E-state index contributed by atoms with van der Waals surface area (Å²) in [6.45, 7) is 1.53. The fourth-order valence-corrected chi connectivity index (χ4v) is 2.42. The Balaban J connectivity index is 2.46. The van der Waals surface area contributed by atoms with Gasteiger partial charge in [0.05, 0.1) is 9.85 Å². The van der Waals surface area contributed by atoms with E-state index in [1.807, 2.05) is 0 Å². The molecule has 0 saturated heterocycles. The minimum atomic E-state index is -0.809. The Kier molecular flexibility index (Phi) is 4.21. The summed E-state index contributed by atoms with van der Waals surface area (Å²) in [4.78, 5) is 0. The lowest BCUT2D eigenvalue weighted by molar-refractivity contribution is 0.568. The average molecular weight is 350 g/mol. The molecule has 1 unspecified atom stereocenters. The first-order valence-corrected chi connectivity index (χ1v) is 6.67. The highest BCUT2D eigenvalue weighted by Crippen LogP contribution is 2.33. The van der Waals surface area contributed by atoms with Crippen molar-refractivity contribution in [1.82, 2.24) is 0 Å². The lowest BCUT2D eigenvalue weighted by Gasteiger charge is -2.13. The van der Waals surface area contributed by atoms with Gasteiger partial charge in [0.1, 0.15) is 17.5 Å². The highest BCUT2D eigenvalue weighted by atomic mass is 79.9. The Labute approximate surface area is 122 Å². The van der Waals surface area contributed by atoms with E-state index in [1.165, 1.54) is 31.2 Å². The van der Waals surface area contributed by atoms with E-state index >= 15 is 0 Å². The number of aryl methyl sites for hydroxylation is 1. The van der Waals surface area contributed by atoms with E-state index in [0.29, 0.717) is 11.1 Å². The molecular weight excluding hydrogens is 341 g/mol. The third-order valence-electron chi connectivity index (χ3n) is 2.79. The van der Waals surface area contributed by atoms with Crippen molar-refractivity contribution in [3.8, 4) is 0 Å². The lowest BCUT2D eigenvalue weighted by Crippen LogP contribution is -2.00. The minimum absolute atomic E-state index is 0.166. The summed E-state index contributed by atoms with van der Waals surface area (Å²) in [6, 6.07) is 6.35. The number of hydrogen-bond donors (Lipinski definition) is 0. The van der Waals surface area contributed by atoms with Crippen LogP contribution in [0.3, 0.4) is 0 Å². The van der Waals surface area contributed by atoms with E-state index in [0.717, 1.165) is 6.07 Å². The van der Waals surface area contributed by atoms with Crippen LogP contribution in [0, 0.1) is 24.4 Å². The zero-order valence-electron chi connectivity index (χ0n) is 9.85. The van der Waals surface area contributed by atoms with Crippen molar-refractivity contribution >= 4 is 27.5 Å². The van der Waals surface area contributed by atoms with Gasteiger partial charge in [-0.2, -0.15) is 0 Å². The zero-order chi connectivity index (χ0) is 14.2. The molecule has 0 aliphatic heterocycles. The standard InChI is InChI=1S/C14H9BrClF3/c1-7-4-9(13(19)6-12(7)18)14(16)8-2-3-11(17)10(15)5-8/h2-6,14H,1H3. The SMILES string of the molecule is Cc1cc(C(Cl)c2ccc(F)c(Br)c2)c(F)cc1F. The zero-order valence-corrected chi connectivity index (χ0v) is 12.2. The first-order chi connectivity index (χ1) is 8.90. The molecule has 0 aromatic heterocycles. The number of rotatable bonds is 2. The molecule has 1 atom stereocenters. The molecule has 0 amide bonds. The van der Waals surface area contributed by atoms with Gasteiger partial charge in [-0.25, -0.2) is 13.2 Å². The molecule has 0 fully saturated rings. The van der Waals surface area contributed by atoms with Crippen LogP contribution in [0.25, 0.3) is 0 Å². The van der Waals surface area contributed by atoms with Crippen molar-refractivity contribution in [3.05, 3.63) is 68.9 Å². The maximum atomic E-state index is 13.7. The molecule has 0 radical (unpaired) electrons. The second kappa shape index (κ2) is 5.55. The van der Waals surface area contributed by atoms with Gasteiger partial charge in [0.25, 0.3) is 0 Å².